The summed E-state index contributed by atoms with van der Waals surface area (Å²) in [5.41, 5.74) is 3.87. The Bertz CT molecular complexity index is 549. The van der Waals surface area contributed by atoms with Crippen molar-refractivity contribution in [3.05, 3.63) is 63.3 Å². The van der Waals surface area contributed by atoms with Crippen LogP contribution in [-0.2, 0) is 0 Å². The number of nitrogens with one attached hydrogen (secondary N) is 1. The second-order valence-corrected chi connectivity index (χ2v) is 4.84. The molecule has 0 saturated carbocycles. The molecule has 0 atom stereocenters. The van der Waals surface area contributed by atoms with E-state index in [2.05, 4.69) is 26.5 Å². The van der Waals surface area contributed by atoms with Crippen molar-refractivity contribution in [3.8, 4) is 0 Å². The Kier molecular flexibility index (Phi) is 4.33. The number of anilines is 1. The molecule has 0 radical (unpaired) electrons. The van der Waals surface area contributed by atoms with Crippen molar-refractivity contribution in [2.75, 3.05) is 5.43 Å². The second kappa shape index (κ2) is 5.98. The summed E-state index contributed by atoms with van der Waals surface area (Å²) in [6, 6.07) is 12.0. The zero-order valence-electron chi connectivity index (χ0n) is 9.20. The minimum atomic E-state index is -0.399. The molecule has 0 unspecified atom stereocenters. The molecule has 0 aromatic heterocycles. The average molecular weight is 328 g/mol. The van der Waals surface area contributed by atoms with Crippen molar-refractivity contribution in [1.29, 1.82) is 0 Å². The van der Waals surface area contributed by atoms with Crippen LogP contribution < -0.4 is 5.43 Å². The molecule has 0 aliphatic carbocycles. The summed E-state index contributed by atoms with van der Waals surface area (Å²) in [5.74, 6) is -0.399. The van der Waals surface area contributed by atoms with Crippen molar-refractivity contribution in [2.24, 2.45) is 5.10 Å². The van der Waals surface area contributed by atoms with Crippen LogP contribution in [0.5, 0.6) is 0 Å². The van der Waals surface area contributed by atoms with Crippen LogP contribution in [0.15, 0.2) is 52.0 Å². The maximum Gasteiger partial charge on any atom is 0.133 e. The molecular formula is C13H9BrClFN2. The highest BCUT2D eigenvalue weighted by Gasteiger charge is 2.03. The predicted octanol–water partition coefficient (Wildman–Crippen LogP) is 4.69. The van der Waals surface area contributed by atoms with Crippen molar-refractivity contribution < 1.29 is 4.39 Å². The Morgan fingerprint density at radius 2 is 1.89 bits per heavy atom. The van der Waals surface area contributed by atoms with E-state index in [-0.39, 0.29) is 5.56 Å². The van der Waals surface area contributed by atoms with E-state index in [4.69, 9.17) is 11.6 Å². The lowest BCUT2D eigenvalue weighted by molar-refractivity contribution is 0.626. The van der Waals surface area contributed by atoms with Gasteiger partial charge in [0.15, 0.2) is 0 Å². The van der Waals surface area contributed by atoms with Crippen LogP contribution in [-0.4, -0.2) is 6.21 Å². The van der Waals surface area contributed by atoms with Gasteiger partial charge in [0.1, 0.15) is 5.82 Å². The molecule has 2 nitrogen and oxygen atoms in total. The number of hydrogen-bond donors (Lipinski definition) is 1. The van der Waals surface area contributed by atoms with Crippen LogP contribution in [0.25, 0.3) is 0 Å². The number of benzene rings is 2. The van der Waals surface area contributed by atoms with Gasteiger partial charge in [-0.1, -0.05) is 33.6 Å². The van der Waals surface area contributed by atoms with Gasteiger partial charge in [-0.25, -0.2) is 4.39 Å². The van der Waals surface area contributed by atoms with Gasteiger partial charge in [0, 0.05) is 10.0 Å². The van der Waals surface area contributed by atoms with E-state index in [1.165, 1.54) is 12.3 Å². The lowest BCUT2D eigenvalue weighted by Gasteiger charge is -2.01. The standard InChI is InChI=1S/C13H9BrClFN2/c14-9-4-6-10(7-5-9)18-17-8-11-12(15)2-1-3-13(11)16/h1-8,18H/b17-8-. The topological polar surface area (TPSA) is 24.4 Å². The van der Waals surface area contributed by atoms with Crippen molar-refractivity contribution in [3.63, 3.8) is 0 Å². The second-order valence-electron chi connectivity index (χ2n) is 3.51. The number of hydrazone groups is 1. The van der Waals surface area contributed by atoms with Gasteiger partial charge < -0.3 is 0 Å². The van der Waals surface area contributed by atoms with Gasteiger partial charge in [-0.05, 0) is 36.4 Å². The quantitative estimate of drug-likeness (QED) is 0.642. The smallest absolute Gasteiger partial charge is 0.133 e. The fourth-order valence-electron chi connectivity index (χ4n) is 1.33. The zero-order valence-corrected chi connectivity index (χ0v) is 11.5. The SMILES string of the molecule is Fc1cccc(Cl)c1/C=N\Nc1ccc(Br)cc1. The third-order valence-corrected chi connectivity index (χ3v) is 3.09. The first-order valence-corrected chi connectivity index (χ1v) is 6.32. The molecule has 0 aliphatic heterocycles. The number of halogens is 3. The molecule has 0 bridgehead atoms. The highest BCUT2D eigenvalue weighted by Crippen LogP contribution is 2.17. The van der Waals surface area contributed by atoms with E-state index in [1.54, 1.807) is 12.1 Å². The number of nitrogens with zero attached hydrogens (tertiary/aromatic N) is 1. The van der Waals surface area contributed by atoms with Gasteiger partial charge in [-0.15, -0.1) is 0 Å². The van der Waals surface area contributed by atoms with Gasteiger partial charge in [0.2, 0.25) is 0 Å². The molecular weight excluding hydrogens is 319 g/mol. The molecule has 0 saturated heterocycles. The molecule has 0 spiro atoms. The molecule has 2 aromatic carbocycles. The summed E-state index contributed by atoms with van der Waals surface area (Å²) in [5, 5.41) is 4.28. The molecule has 0 aliphatic rings. The van der Waals surface area contributed by atoms with Crippen molar-refractivity contribution >= 4 is 39.4 Å². The minimum Gasteiger partial charge on any atom is -0.279 e. The Labute approximate surface area is 118 Å². The Morgan fingerprint density at radius 1 is 1.17 bits per heavy atom. The molecule has 0 amide bonds. The summed E-state index contributed by atoms with van der Waals surface area (Å²) >= 11 is 9.20. The number of hydrogen-bond acceptors (Lipinski definition) is 2. The van der Waals surface area contributed by atoms with E-state index >= 15 is 0 Å². The first-order chi connectivity index (χ1) is 8.66. The monoisotopic (exact) mass is 326 g/mol. The van der Waals surface area contributed by atoms with Crippen LogP contribution in [0, 0.1) is 5.82 Å². The first-order valence-electron chi connectivity index (χ1n) is 5.15. The lowest BCUT2D eigenvalue weighted by Crippen LogP contribution is -1.93. The van der Waals surface area contributed by atoms with Crippen LogP contribution in [0.3, 0.4) is 0 Å². The largest absolute Gasteiger partial charge is 0.279 e. The normalized spacial score (nSPS) is 10.8. The molecule has 0 heterocycles. The predicted molar refractivity (Wildman–Crippen MR) is 76.8 cm³/mol. The van der Waals surface area contributed by atoms with E-state index in [9.17, 15) is 4.39 Å². The Morgan fingerprint density at radius 3 is 2.56 bits per heavy atom. The molecule has 1 N–H and O–H groups in total. The molecule has 2 aromatic rings. The van der Waals surface area contributed by atoms with Crippen LogP contribution in [0.4, 0.5) is 10.1 Å². The van der Waals surface area contributed by atoms with Gasteiger partial charge in [-0.3, -0.25) is 5.43 Å². The zero-order chi connectivity index (χ0) is 13.0. The van der Waals surface area contributed by atoms with Gasteiger partial charge >= 0.3 is 0 Å². The summed E-state index contributed by atoms with van der Waals surface area (Å²) < 4.78 is 14.4. The van der Waals surface area contributed by atoms with E-state index in [0.717, 1.165) is 10.2 Å². The third kappa shape index (κ3) is 3.31. The van der Waals surface area contributed by atoms with Gasteiger partial charge in [-0.2, -0.15) is 5.10 Å². The van der Waals surface area contributed by atoms with Crippen LogP contribution >= 0.6 is 27.5 Å². The maximum atomic E-state index is 13.4. The van der Waals surface area contributed by atoms with Crippen molar-refractivity contribution in [1.82, 2.24) is 0 Å². The van der Waals surface area contributed by atoms with E-state index in [1.807, 2.05) is 24.3 Å². The molecule has 2 rings (SSSR count). The molecule has 92 valence electrons. The highest BCUT2D eigenvalue weighted by molar-refractivity contribution is 9.10. The van der Waals surface area contributed by atoms with Crippen LogP contribution in [0.2, 0.25) is 5.02 Å². The first kappa shape index (κ1) is 13.1. The summed E-state index contributed by atoms with van der Waals surface area (Å²) in [6.07, 6.45) is 1.36. The minimum absolute atomic E-state index is 0.267. The number of rotatable bonds is 3. The van der Waals surface area contributed by atoms with E-state index in [0.29, 0.717) is 5.02 Å². The molecule has 0 fully saturated rings. The molecule has 18 heavy (non-hydrogen) atoms. The third-order valence-electron chi connectivity index (χ3n) is 2.23. The fraction of sp³-hybridized carbons (Fsp3) is 0. The molecule has 5 heteroatoms. The lowest BCUT2D eigenvalue weighted by atomic mass is 10.2. The average Bonchev–Trinajstić information content (AvgIpc) is 2.35. The van der Waals surface area contributed by atoms with Gasteiger partial charge in [0.25, 0.3) is 0 Å². The Balaban J connectivity index is 2.10. The summed E-state index contributed by atoms with van der Waals surface area (Å²) in [4.78, 5) is 0. The highest BCUT2D eigenvalue weighted by atomic mass is 79.9. The van der Waals surface area contributed by atoms with E-state index < -0.39 is 5.82 Å². The fourth-order valence-corrected chi connectivity index (χ4v) is 1.81. The van der Waals surface area contributed by atoms with Gasteiger partial charge in [0.05, 0.1) is 16.9 Å². The van der Waals surface area contributed by atoms with Crippen LogP contribution in [0.1, 0.15) is 5.56 Å². The van der Waals surface area contributed by atoms with Crippen molar-refractivity contribution in [2.45, 2.75) is 0 Å². The summed E-state index contributed by atoms with van der Waals surface area (Å²) in [7, 11) is 0. The maximum absolute atomic E-state index is 13.4. The summed E-state index contributed by atoms with van der Waals surface area (Å²) in [6.45, 7) is 0. The Hall–Kier alpha value is -1.39.